The first-order valence-electron chi connectivity index (χ1n) is 11.9. The van der Waals surface area contributed by atoms with E-state index >= 15 is 0 Å². The highest BCUT2D eigenvalue weighted by Crippen LogP contribution is 2.45. The molecule has 3 aromatic carbocycles. The molecule has 0 bridgehead atoms. The molecule has 5 nitrogen and oxygen atoms in total. The van der Waals surface area contributed by atoms with Gasteiger partial charge in [-0.05, 0) is 53.3 Å². The van der Waals surface area contributed by atoms with Gasteiger partial charge in [-0.3, -0.25) is 9.69 Å². The number of imide groups is 1. The first-order chi connectivity index (χ1) is 16.4. The number of H-pyrrole nitrogens is 1. The smallest absolute Gasteiger partial charge is 0.332 e. The van der Waals surface area contributed by atoms with Crippen LogP contribution >= 0.6 is 0 Å². The zero-order chi connectivity index (χ0) is 23.6. The van der Waals surface area contributed by atoms with Crippen LogP contribution in [0.15, 0.2) is 72.8 Å². The van der Waals surface area contributed by atoms with E-state index < -0.39 is 6.04 Å². The second kappa shape index (κ2) is 7.59. The fourth-order valence-electron chi connectivity index (χ4n) is 5.49. The number of para-hydroxylation sites is 1. The van der Waals surface area contributed by atoms with Gasteiger partial charge < -0.3 is 4.98 Å². The minimum Gasteiger partial charge on any atom is -0.356 e. The predicted molar refractivity (Wildman–Crippen MR) is 134 cm³/mol. The lowest BCUT2D eigenvalue weighted by Crippen LogP contribution is -2.44. The Labute approximate surface area is 199 Å². The van der Waals surface area contributed by atoms with Gasteiger partial charge in [0.1, 0.15) is 12.1 Å². The summed E-state index contributed by atoms with van der Waals surface area (Å²) in [6.07, 6.45) is 0.507. The molecule has 3 amide bonds. The molecule has 5 heteroatoms. The number of rotatable bonds is 3. The molecule has 0 saturated carbocycles. The van der Waals surface area contributed by atoms with Crippen molar-refractivity contribution in [3.8, 4) is 0 Å². The van der Waals surface area contributed by atoms with Gasteiger partial charge in [0.05, 0.1) is 5.69 Å². The third kappa shape index (κ3) is 3.00. The molecule has 1 fully saturated rings. The van der Waals surface area contributed by atoms with Crippen LogP contribution < -0.4 is 4.90 Å². The topological polar surface area (TPSA) is 56.4 Å². The number of carbonyl (C=O) groups is 2. The SMILES string of the molecule is Cc1cccc(N2C(=O)[C@@H]3Cc4c([nH]c5ccccc45)[C@@H](c4ccc(C(C)C)cc4)N3C2=O)c1. The molecular weight excluding hydrogens is 422 g/mol. The number of benzene rings is 3. The van der Waals surface area contributed by atoms with E-state index in [4.69, 9.17) is 0 Å². The number of nitrogens with zero attached hydrogens (tertiary/aromatic N) is 2. The lowest BCUT2D eigenvalue weighted by atomic mass is 9.88. The van der Waals surface area contributed by atoms with Crippen LogP contribution in [0.25, 0.3) is 10.9 Å². The standard InChI is InChI=1S/C29H27N3O2/c1-17(2)19-11-13-20(14-12-19)27-26-23(22-9-4-5-10-24(22)30-26)16-25-28(33)31(29(34)32(25)27)21-8-6-7-18(3)15-21/h4-15,17,25,27,30H,16H2,1-3H3/t25-,27+/m0/s1. The number of urea groups is 1. The summed E-state index contributed by atoms with van der Waals surface area (Å²) in [7, 11) is 0. The van der Waals surface area contributed by atoms with Crippen LogP contribution in [-0.4, -0.2) is 27.9 Å². The summed E-state index contributed by atoms with van der Waals surface area (Å²) >= 11 is 0. The molecule has 34 heavy (non-hydrogen) atoms. The summed E-state index contributed by atoms with van der Waals surface area (Å²) < 4.78 is 0. The summed E-state index contributed by atoms with van der Waals surface area (Å²) in [5.74, 6) is 0.263. The van der Waals surface area contributed by atoms with Crippen LogP contribution in [-0.2, 0) is 11.2 Å². The summed E-state index contributed by atoms with van der Waals surface area (Å²) in [5.41, 5.74) is 7.07. The molecule has 170 valence electrons. The number of amides is 3. The Balaban J connectivity index is 1.53. The van der Waals surface area contributed by atoms with Crippen LogP contribution in [0, 0.1) is 6.92 Å². The quantitative estimate of drug-likeness (QED) is 0.385. The number of hydrogen-bond donors (Lipinski definition) is 1. The molecule has 1 saturated heterocycles. The Bertz CT molecular complexity index is 1430. The predicted octanol–water partition coefficient (Wildman–Crippen LogP) is 6.08. The highest BCUT2D eigenvalue weighted by Gasteiger charge is 2.53. The molecule has 4 aromatic rings. The van der Waals surface area contributed by atoms with Crippen LogP contribution in [0.1, 0.15) is 53.8 Å². The van der Waals surface area contributed by atoms with E-state index in [-0.39, 0.29) is 18.0 Å². The lowest BCUT2D eigenvalue weighted by molar-refractivity contribution is -0.120. The molecule has 1 aromatic heterocycles. The summed E-state index contributed by atoms with van der Waals surface area (Å²) in [6.45, 7) is 6.31. The lowest BCUT2D eigenvalue weighted by Gasteiger charge is -2.36. The maximum Gasteiger partial charge on any atom is 0.332 e. The van der Waals surface area contributed by atoms with E-state index in [9.17, 15) is 9.59 Å². The second-order valence-electron chi connectivity index (χ2n) is 9.71. The fourth-order valence-corrected chi connectivity index (χ4v) is 5.49. The van der Waals surface area contributed by atoms with E-state index in [0.29, 0.717) is 18.0 Å². The van der Waals surface area contributed by atoms with E-state index in [0.717, 1.165) is 33.3 Å². The monoisotopic (exact) mass is 449 g/mol. The van der Waals surface area contributed by atoms with Gasteiger partial charge in [0.25, 0.3) is 5.91 Å². The third-order valence-corrected chi connectivity index (χ3v) is 7.23. The molecule has 0 aliphatic carbocycles. The molecule has 6 rings (SSSR count). The summed E-state index contributed by atoms with van der Waals surface area (Å²) in [5, 5.41) is 1.12. The average molecular weight is 450 g/mol. The number of aryl methyl sites for hydroxylation is 1. The Morgan fingerprint density at radius 1 is 0.941 bits per heavy atom. The number of fused-ring (bicyclic) bond motifs is 4. The van der Waals surface area contributed by atoms with Crippen LogP contribution in [0.2, 0.25) is 0 Å². The Hall–Kier alpha value is -3.86. The Morgan fingerprint density at radius 3 is 2.44 bits per heavy atom. The van der Waals surface area contributed by atoms with Crippen molar-refractivity contribution < 1.29 is 9.59 Å². The van der Waals surface area contributed by atoms with Crippen molar-refractivity contribution >= 4 is 28.5 Å². The highest BCUT2D eigenvalue weighted by atomic mass is 16.2. The largest absolute Gasteiger partial charge is 0.356 e. The Kier molecular flexibility index (Phi) is 4.63. The maximum absolute atomic E-state index is 13.9. The Morgan fingerprint density at radius 2 is 1.71 bits per heavy atom. The van der Waals surface area contributed by atoms with Gasteiger partial charge in [0.2, 0.25) is 0 Å². The normalized spacial score (nSPS) is 19.8. The van der Waals surface area contributed by atoms with Crippen molar-refractivity contribution in [1.82, 2.24) is 9.88 Å². The number of nitrogens with one attached hydrogen (secondary N) is 1. The molecular formula is C29H27N3O2. The number of hydrogen-bond acceptors (Lipinski definition) is 2. The van der Waals surface area contributed by atoms with Gasteiger partial charge in [-0.1, -0.05) is 68.4 Å². The minimum absolute atomic E-state index is 0.157. The summed E-state index contributed by atoms with van der Waals surface area (Å²) in [4.78, 5) is 34.3. The number of aromatic nitrogens is 1. The number of aromatic amines is 1. The fraction of sp³-hybridized carbons (Fsp3) is 0.241. The van der Waals surface area contributed by atoms with Crippen molar-refractivity contribution in [2.45, 2.75) is 45.2 Å². The van der Waals surface area contributed by atoms with Crippen molar-refractivity contribution in [2.75, 3.05) is 4.90 Å². The number of carbonyl (C=O) groups excluding carboxylic acids is 2. The maximum atomic E-state index is 13.9. The third-order valence-electron chi connectivity index (χ3n) is 7.23. The van der Waals surface area contributed by atoms with Gasteiger partial charge in [-0.25, -0.2) is 9.69 Å². The molecule has 3 heterocycles. The van der Waals surface area contributed by atoms with E-state index in [2.05, 4.69) is 55.2 Å². The zero-order valence-electron chi connectivity index (χ0n) is 19.6. The number of anilines is 1. The first-order valence-corrected chi connectivity index (χ1v) is 11.9. The molecule has 2 aliphatic heterocycles. The van der Waals surface area contributed by atoms with E-state index in [1.165, 1.54) is 10.5 Å². The van der Waals surface area contributed by atoms with Crippen LogP contribution in [0.4, 0.5) is 10.5 Å². The summed E-state index contributed by atoms with van der Waals surface area (Å²) in [6, 6.07) is 23.1. The van der Waals surface area contributed by atoms with Crippen molar-refractivity contribution in [3.63, 3.8) is 0 Å². The van der Waals surface area contributed by atoms with Crippen molar-refractivity contribution in [1.29, 1.82) is 0 Å². The van der Waals surface area contributed by atoms with E-state index in [1.54, 1.807) is 4.90 Å². The molecule has 2 aliphatic rings. The van der Waals surface area contributed by atoms with Gasteiger partial charge in [-0.2, -0.15) is 0 Å². The molecule has 0 radical (unpaired) electrons. The second-order valence-corrected chi connectivity index (χ2v) is 9.71. The molecule has 0 unspecified atom stereocenters. The molecule has 2 atom stereocenters. The first kappa shape index (κ1) is 20.7. The highest BCUT2D eigenvalue weighted by molar-refractivity contribution is 6.22. The minimum atomic E-state index is -0.533. The van der Waals surface area contributed by atoms with Gasteiger partial charge in [0, 0.05) is 23.0 Å². The van der Waals surface area contributed by atoms with Gasteiger partial charge >= 0.3 is 6.03 Å². The molecule has 1 N–H and O–H groups in total. The average Bonchev–Trinajstić information content (AvgIpc) is 3.32. The van der Waals surface area contributed by atoms with Gasteiger partial charge in [-0.15, -0.1) is 0 Å². The zero-order valence-corrected chi connectivity index (χ0v) is 19.6. The van der Waals surface area contributed by atoms with E-state index in [1.807, 2.05) is 43.3 Å². The molecule has 0 spiro atoms. The van der Waals surface area contributed by atoms with Crippen molar-refractivity contribution in [3.05, 3.63) is 101 Å². The van der Waals surface area contributed by atoms with Gasteiger partial charge in [0.15, 0.2) is 0 Å². The van der Waals surface area contributed by atoms with Crippen molar-refractivity contribution in [2.24, 2.45) is 0 Å². The van der Waals surface area contributed by atoms with Crippen LogP contribution in [0.3, 0.4) is 0 Å². The van der Waals surface area contributed by atoms with Crippen LogP contribution in [0.5, 0.6) is 0 Å².